The van der Waals surface area contributed by atoms with Crippen LogP contribution < -0.4 is 10.1 Å². The van der Waals surface area contributed by atoms with Crippen LogP contribution in [0.15, 0.2) is 30.9 Å². The molecule has 1 aliphatic carbocycles. The third-order valence-electron chi connectivity index (χ3n) is 5.18. The highest BCUT2D eigenvalue weighted by Crippen LogP contribution is 2.34. The third-order valence-corrected chi connectivity index (χ3v) is 5.18. The van der Waals surface area contributed by atoms with Gasteiger partial charge >= 0.3 is 0 Å². The maximum absolute atomic E-state index is 12.7. The molecule has 0 bridgehead atoms. The summed E-state index contributed by atoms with van der Waals surface area (Å²) in [7, 11) is 0. The van der Waals surface area contributed by atoms with E-state index in [1.54, 1.807) is 18.2 Å². The van der Waals surface area contributed by atoms with Gasteiger partial charge in [0.25, 0.3) is 11.8 Å². The molecule has 0 spiro atoms. The molecule has 0 aromatic heterocycles. The number of fused-ring (bicyclic) bond motifs is 1. The molecule has 4 amide bonds. The van der Waals surface area contributed by atoms with E-state index in [2.05, 4.69) is 11.9 Å². The fourth-order valence-electron chi connectivity index (χ4n) is 3.61. The molecule has 7 heteroatoms. The van der Waals surface area contributed by atoms with Gasteiger partial charge in [0.05, 0.1) is 17.2 Å². The fraction of sp³-hybridized carbons (Fsp3) is 0.368. The van der Waals surface area contributed by atoms with E-state index in [4.69, 9.17) is 4.74 Å². The van der Waals surface area contributed by atoms with Crippen molar-refractivity contribution in [3.8, 4) is 5.75 Å². The van der Waals surface area contributed by atoms with Crippen LogP contribution in [0.25, 0.3) is 0 Å². The van der Waals surface area contributed by atoms with E-state index >= 15 is 0 Å². The van der Waals surface area contributed by atoms with E-state index < -0.39 is 29.7 Å². The van der Waals surface area contributed by atoms with Crippen LogP contribution in [0, 0.1) is 5.92 Å². The number of nitrogens with one attached hydrogen (secondary N) is 1. The molecule has 134 valence electrons. The highest BCUT2D eigenvalue weighted by atomic mass is 16.5. The van der Waals surface area contributed by atoms with Gasteiger partial charge in [-0.2, -0.15) is 0 Å². The highest BCUT2D eigenvalue weighted by Gasteiger charge is 2.44. The quantitative estimate of drug-likeness (QED) is 0.652. The minimum atomic E-state index is -0.954. The zero-order valence-corrected chi connectivity index (χ0v) is 14.1. The average Bonchev–Trinajstić information content (AvgIpc) is 2.82. The second kappa shape index (κ2) is 6.09. The van der Waals surface area contributed by atoms with Crippen LogP contribution in [0.1, 0.15) is 46.4 Å². The summed E-state index contributed by atoms with van der Waals surface area (Å²) in [5.41, 5.74) is 0.487. The molecule has 2 fully saturated rings. The molecule has 26 heavy (non-hydrogen) atoms. The molecule has 1 aromatic rings. The van der Waals surface area contributed by atoms with Crippen molar-refractivity contribution in [1.29, 1.82) is 0 Å². The summed E-state index contributed by atoms with van der Waals surface area (Å²) in [5, 5.41) is 2.18. The van der Waals surface area contributed by atoms with E-state index in [1.165, 1.54) is 0 Å². The molecule has 1 aromatic carbocycles. The first kappa shape index (κ1) is 16.5. The van der Waals surface area contributed by atoms with Crippen LogP contribution in [0.4, 0.5) is 0 Å². The summed E-state index contributed by atoms with van der Waals surface area (Å²) in [6.07, 6.45) is 4.00. The van der Waals surface area contributed by atoms with Gasteiger partial charge in [-0.05, 0) is 43.4 Å². The van der Waals surface area contributed by atoms with Crippen LogP contribution in [-0.4, -0.2) is 40.7 Å². The minimum absolute atomic E-state index is 0.0782. The second-order valence-corrected chi connectivity index (χ2v) is 6.86. The van der Waals surface area contributed by atoms with Crippen molar-refractivity contribution in [2.24, 2.45) is 5.92 Å². The standard InChI is InChI=1S/C19H18N2O5/c1-2-10-7-12(8-10)26-11-3-4-13-14(9-11)19(25)21(18(13)24)15-5-6-16(22)20-17(15)23/h2-4,9-10,12,15H,1,5-8H2,(H,20,22,23). The van der Waals surface area contributed by atoms with E-state index in [1.807, 2.05) is 6.08 Å². The number of rotatable bonds is 4. The summed E-state index contributed by atoms with van der Waals surface area (Å²) in [6, 6.07) is 3.83. The molecule has 1 saturated heterocycles. The number of ether oxygens (including phenoxy) is 1. The number of allylic oxidation sites excluding steroid dienone is 1. The zero-order chi connectivity index (χ0) is 18.4. The van der Waals surface area contributed by atoms with E-state index in [-0.39, 0.29) is 30.1 Å². The number of hydrogen-bond acceptors (Lipinski definition) is 5. The maximum atomic E-state index is 12.7. The zero-order valence-electron chi connectivity index (χ0n) is 14.1. The molecule has 1 N–H and O–H groups in total. The molecule has 4 rings (SSSR count). The normalized spacial score (nSPS) is 27.7. The number of nitrogens with zero attached hydrogens (tertiary/aromatic N) is 1. The molecule has 2 aliphatic heterocycles. The van der Waals surface area contributed by atoms with E-state index in [0.29, 0.717) is 11.7 Å². The summed E-state index contributed by atoms with van der Waals surface area (Å²) in [6.45, 7) is 3.76. The molecular formula is C19H18N2O5. The smallest absolute Gasteiger partial charge is 0.262 e. The van der Waals surface area contributed by atoms with Gasteiger partial charge < -0.3 is 4.74 Å². The first-order chi connectivity index (χ1) is 12.5. The Kier molecular flexibility index (Phi) is 3.86. The monoisotopic (exact) mass is 354 g/mol. The van der Waals surface area contributed by atoms with Crippen molar-refractivity contribution in [2.45, 2.75) is 37.8 Å². The Hall–Kier alpha value is -2.96. The summed E-state index contributed by atoms with van der Waals surface area (Å²) < 4.78 is 5.85. The Bertz CT molecular complexity index is 840. The molecule has 1 unspecified atom stereocenters. The maximum Gasteiger partial charge on any atom is 0.262 e. The third kappa shape index (κ3) is 2.60. The van der Waals surface area contributed by atoms with Gasteiger partial charge in [0.1, 0.15) is 11.8 Å². The lowest BCUT2D eigenvalue weighted by Gasteiger charge is -2.33. The van der Waals surface area contributed by atoms with Gasteiger partial charge in [-0.3, -0.25) is 29.4 Å². The predicted octanol–water partition coefficient (Wildman–Crippen LogP) is 1.43. The van der Waals surface area contributed by atoms with Gasteiger partial charge in [-0.25, -0.2) is 0 Å². The van der Waals surface area contributed by atoms with Crippen molar-refractivity contribution < 1.29 is 23.9 Å². The topological polar surface area (TPSA) is 92.8 Å². The number of amides is 4. The molecule has 2 heterocycles. The predicted molar refractivity (Wildman–Crippen MR) is 90.5 cm³/mol. The number of carbonyl (C=O) groups is 4. The SMILES string of the molecule is C=CC1CC(Oc2ccc3c(c2)C(=O)N(C2CCC(=O)NC2=O)C3=O)C1. The van der Waals surface area contributed by atoms with Gasteiger partial charge in [-0.15, -0.1) is 6.58 Å². The first-order valence-electron chi connectivity index (χ1n) is 8.62. The van der Waals surface area contributed by atoms with Crippen LogP contribution in [0.5, 0.6) is 5.75 Å². The van der Waals surface area contributed by atoms with Crippen LogP contribution in [-0.2, 0) is 9.59 Å². The van der Waals surface area contributed by atoms with E-state index in [9.17, 15) is 19.2 Å². The molecule has 1 atom stereocenters. The summed E-state index contributed by atoms with van der Waals surface area (Å²) in [5.74, 6) is -1.05. The Morgan fingerprint density at radius 3 is 2.54 bits per heavy atom. The van der Waals surface area contributed by atoms with Crippen molar-refractivity contribution in [1.82, 2.24) is 10.2 Å². The summed E-state index contributed by atoms with van der Waals surface area (Å²) >= 11 is 0. The van der Waals surface area contributed by atoms with Gasteiger partial charge in [-0.1, -0.05) is 6.08 Å². The Labute approximate surface area is 150 Å². The Morgan fingerprint density at radius 2 is 1.85 bits per heavy atom. The fourth-order valence-corrected chi connectivity index (χ4v) is 3.61. The number of piperidine rings is 1. The minimum Gasteiger partial charge on any atom is -0.490 e. The molecule has 0 radical (unpaired) electrons. The number of carbonyl (C=O) groups excluding carboxylic acids is 4. The molecule has 7 nitrogen and oxygen atoms in total. The van der Waals surface area contributed by atoms with Crippen molar-refractivity contribution in [2.75, 3.05) is 0 Å². The van der Waals surface area contributed by atoms with Crippen LogP contribution >= 0.6 is 0 Å². The first-order valence-corrected chi connectivity index (χ1v) is 8.62. The molecule has 1 saturated carbocycles. The van der Waals surface area contributed by atoms with Crippen molar-refractivity contribution in [3.05, 3.63) is 42.0 Å². The van der Waals surface area contributed by atoms with Crippen molar-refractivity contribution in [3.63, 3.8) is 0 Å². The Balaban J connectivity index is 1.54. The lowest BCUT2D eigenvalue weighted by molar-refractivity contribution is -0.136. The number of hydrogen-bond donors (Lipinski definition) is 1. The Morgan fingerprint density at radius 1 is 1.12 bits per heavy atom. The highest BCUT2D eigenvalue weighted by molar-refractivity contribution is 6.23. The lowest BCUT2D eigenvalue weighted by Crippen LogP contribution is -2.54. The molecular weight excluding hydrogens is 336 g/mol. The average molecular weight is 354 g/mol. The largest absolute Gasteiger partial charge is 0.490 e. The number of benzene rings is 1. The van der Waals surface area contributed by atoms with Crippen molar-refractivity contribution >= 4 is 23.6 Å². The number of imide groups is 2. The summed E-state index contributed by atoms with van der Waals surface area (Å²) in [4.78, 5) is 49.6. The van der Waals surface area contributed by atoms with E-state index in [0.717, 1.165) is 17.7 Å². The van der Waals surface area contributed by atoms with Gasteiger partial charge in [0, 0.05) is 6.42 Å². The van der Waals surface area contributed by atoms with Gasteiger partial charge in [0.2, 0.25) is 11.8 Å². The molecule has 3 aliphatic rings. The van der Waals surface area contributed by atoms with Crippen LogP contribution in [0.2, 0.25) is 0 Å². The lowest BCUT2D eigenvalue weighted by atomic mass is 9.82. The second-order valence-electron chi connectivity index (χ2n) is 6.86. The van der Waals surface area contributed by atoms with Gasteiger partial charge in [0.15, 0.2) is 0 Å². The van der Waals surface area contributed by atoms with Crippen LogP contribution in [0.3, 0.4) is 0 Å².